The first-order valence-electron chi connectivity index (χ1n) is 5.91. The zero-order chi connectivity index (χ0) is 12.3. The van der Waals surface area contributed by atoms with Crippen LogP contribution in [0, 0.1) is 6.92 Å². The highest BCUT2D eigenvalue weighted by Gasteiger charge is 2.17. The van der Waals surface area contributed by atoms with Crippen LogP contribution in [0.2, 0.25) is 0 Å². The van der Waals surface area contributed by atoms with Crippen LogP contribution in [0.25, 0.3) is 0 Å². The summed E-state index contributed by atoms with van der Waals surface area (Å²) in [6.07, 6.45) is 2.21. The Labute approximate surface area is 102 Å². The molecule has 4 nitrogen and oxygen atoms in total. The van der Waals surface area contributed by atoms with Gasteiger partial charge in [-0.25, -0.2) is 4.79 Å². The fraction of sp³-hybridized carbons (Fsp3) is 0.462. The molecule has 2 amide bonds. The first kappa shape index (κ1) is 11.8. The van der Waals surface area contributed by atoms with Gasteiger partial charge in [-0.3, -0.25) is 0 Å². The van der Waals surface area contributed by atoms with E-state index in [1.165, 1.54) is 0 Å². The highest BCUT2D eigenvalue weighted by atomic mass is 16.5. The third kappa shape index (κ3) is 2.70. The van der Waals surface area contributed by atoms with Gasteiger partial charge in [0, 0.05) is 18.8 Å². The van der Waals surface area contributed by atoms with E-state index in [1.54, 1.807) is 7.11 Å². The van der Waals surface area contributed by atoms with Gasteiger partial charge in [-0.1, -0.05) is 0 Å². The summed E-state index contributed by atoms with van der Waals surface area (Å²) in [4.78, 5) is 13.7. The molecular weight excluding hydrogens is 216 g/mol. The number of rotatable bonds is 2. The summed E-state index contributed by atoms with van der Waals surface area (Å²) in [5.74, 6) is 0.837. The number of ether oxygens (including phenoxy) is 1. The van der Waals surface area contributed by atoms with Crippen molar-refractivity contribution in [2.75, 3.05) is 25.5 Å². The number of likely N-dealkylation sites (tertiary alicyclic amines) is 1. The summed E-state index contributed by atoms with van der Waals surface area (Å²) < 4.78 is 5.18. The Hall–Kier alpha value is -1.71. The molecule has 1 aliphatic rings. The number of hydrogen-bond donors (Lipinski definition) is 1. The zero-order valence-electron chi connectivity index (χ0n) is 10.3. The van der Waals surface area contributed by atoms with E-state index < -0.39 is 0 Å². The van der Waals surface area contributed by atoms with Gasteiger partial charge in [0.2, 0.25) is 0 Å². The minimum absolute atomic E-state index is 0.00735. The van der Waals surface area contributed by atoms with Crippen molar-refractivity contribution in [3.8, 4) is 5.75 Å². The molecule has 1 aromatic rings. The van der Waals surface area contributed by atoms with E-state index in [1.807, 2.05) is 30.0 Å². The SMILES string of the molecule is COc1ccc(NC(=O)N2CCCC2)cc1C. The van der Waals surface area contributed by atoms with Crippen molar-refractivity contribution in [2.24, 2.45) is 0 Å². The Morgan fingerprint density at radius 2 is 2.06 bits per heavy atom. The fourth-order valence-corrected chi connectivity index (χ4v) is 2.08. The standard InChI is InChI=1S/C13H18N2O2/c1-10-9-11(5-6-12(10)17-2)14-13(16)15-7-3-4-8-15/h5-6,9H,3-4,7-8H2,1-2H3,(H,14,16). The van der Waals surface area contributed by atoms with Crippen molar-refractivity contribution in [1.29, 1.82) is 0 Å². The molecule has 4 heteroatoms. The molecule has 0 unspecified atom stereocenters. The number of carbonyl (C=O) groups is 1. The fourth-order valence-electron chi connectivity index (χ4n) is 2.08. The Kier molecular flexibility index (Phi) is 3.52. The van der Waals surface area contributed by atoms with Gasteiger partial charge in [-0.05, 0) is 43.5 Å². The molecule has 1 N–H and O–H groups in total. The van der Waals surface area contributed by atoms with Crippen molar-refractivity contribution in [3.63, 3.8) is 0 Å². The van der Waals surface area contributed by atoms with Gasteiger partial charge in [0.05, 0.1) is 7.11 Å². The molecule has 17 heavy (non-hydrogen) atoms. The number of methoxy groups -OCH3 is 1. The number of anilines is 1. The van der Waals surface area contributed by atoms with Crippen LogP contribution in [-0.4, -0.2) is 31.1 Å². The summed E-state index contributed by atoms with van der Waals surface area (Å²) in [6.45, 7) is 3.69. The Bertz CT molecular complexity index is 412. The van der Waals surface area contributed by atoms with E-state index in [0.29, 0.717) is 0 Å². The second-order valence-corrected chi connectivity index (χ2v) is 4.31. The number of hydrogen-bond acceptors (Lipinski definition) is 2. The molecule has 0 saturated carbocycles. The van der Waals surface area contributed by atoms with Crippen LogP contribution < -0.4 is 10.1 Å². The number of aryl methyl sites for hydroxylation is 1. The molecular formula is C13H18N2O2. The van der Waals surface area contributed by atoms with Crippen molar-refractivity contribution < 1.29 is 9.53 Å². The summed E-state index contributed by atoms with van der Waals surface area (Å²) >= 11 is 0. The molecule has 1 aromatic carbocycles. The second kappa shape index (κ2) is 5.08. The summed E-state index contributed by atoms with van der Waals surface area (Å²) in [7, 11) is 1.64. The minimum atomic E-state index is -0.00735. The first-order valence-corrected chi connectivity index (χ1v) is 5.91. The molecule has 2 rings (SSSR count). The van der Waals surface area contributed by atoms with E-state index in [0.717, 1.165) is 42.9 Å². The average molecular weight is 234 g/mol. The van der Waals surface area contributed by atoms with E-state index in [-0.39, 0.29) is 6.03 Å². The number of nitrogens with zero attached hydrogens (tertiary/aromatic N) is 1. The maximum absolute atomic E-state index is 11.9. The lowest BCUT2D eigenvalue weighted by Gasteiger charge is -2.16. The van der Waals surface area contributed by atoms with Crippen LogP contribution in [0.15, 0.2) is 18.2 Å². The van der Waals surface area contributed by atoms with Crippen molar-refractivity contribution in [2.45, 2.75) is 19.8 Å². The Morgan fingerprint density at radius 3 is 2.65 bits per heavy atom. The van der Waals surface area contributed by atoms with Crippen LogP contribution in [0.5, 0.6) is 5.75 Å². The quantitative estimate of drug-likeness (QED) is 0.854. The maximum atomic E-state index is 11.9. The summed E-state index contributed by atoms with van der Waals surface area (Å²) in [5, 5.41) is 2.91. The average Bonchev–Trinajstić information content (AvgIpc) is 2.82. The maximum Gasteiger partial charge on any atom is 0.321 e. The van der Waals surface area contributed by atoms with Crippen LogP contribution in [-0.2, 0) is 0 Å². The zero-order valence-corrected chi connectivity index (χ0v) is 10.3. The van der Waals surface area contributed by atoms with Gasteiger partial charge in [-0.15, -0.1) is 0 Å². The lowest BCUT2D eigenvalue weighted by Crippen LogP contribution is -2.32. The third-order valence-electron chi connectivity index (χ3n) is 3.04. The van der Waals surface area contributed by atoms with E-state index in [9.17, 15) is 4.79 Å². The molecule has 0 atom stereocenters. The van der Waals surface area contributed by atoms with E-state index >= 15 is 0 Å². The summed E-state index contributed by atoms with van der Waals surface area (Å²) in [5.41, 5.74) is 1.84. The molecule has 0 spiro atoms. The predicted molar refractivity (Wildman–Crippen MR) is 67.6 cm³/mol. The van der Waals surface area contributed by atoms with Crippen LogP contribution in [0.4, 0.5) is 10.5 Å². The molecule has 1 heterocycles. The van der Waals surface area contributed by atoms with Gasteiger partial charge in [0.15, 0.2) is 0 Å². The smallest absolute Gasteiger partial charge is 0.321 e. The number of benzene rings is 1. The number of nitrogens with one attached hydrogen (secondary N) is 1. The largest absolute Gasteiger partial charge is 0.496 e. The van der Waals surface area contributed by atoms with Gasteiger partial charge in [0.1, 0.15) is 5.75 Å². The van der Waals surface area contributed by atoms with Gasteiger partial charge in [-0.2, -0.15) is 0 Å². The normalized spacial score (nSPS) is 14.8. The van der Waals surface area contributed by atoms with E-state index in [4.69, 9.17) is 4.74 Å². The van der Waals surface area contributed by atoms with Crippen molar-refractivity contribution in [3.05, 3.63) is 23.8 Å². The number of urea groups is 1. The molecule has 1 saturated heterocycles. The lowest BCUT2D eigenvalue weighted by molar-refractivity contribution is 0.222. The highest BCUT2D eigenvalue weighted by molar-refractivity contribution is 5.89. The van der Waals surface area contributed by atoms with Crippen molar-refractivity contribution >= 4 is 11.7 Å². The van der Waals surface area contributed by atoms with Crippen molar-refractivity contribution in [1.82, 2.24) is 4.90 Å². The third-order valence-corrected chi connectivity index (χ3v) is 3.04. The van der Waals surface area contributed by atoms with Crippen LogP contribution in [0.3, 0.4) is 0 Å². The molecule has 0 aliphatic carbocycles. The minimum Gasteiger partial charge on any atom is -0.496 e. The Morgan fingerprint density at radius 1 is 1.35 bits per heavy atom. The molecule has 0 radical (unpaired) electrons. The molecule has 1 fully saturated rings. The monoisotopic (exact) mass is 234 g/mol. The first-order chi connectivity index (χ1) is 8.20. The van der Waals surface area contributed by atoms with E-state index in [2.05, 4.69) is 5.32 Å². The Balaban J connectivity index is 2.03. The molecule has 92 valence electrons. The molecule has 0 bridgehead atoms. The molecule has 1 aliphatic heterocycles. The predicted octanol–water partition coefficient (Wildman–Crippen LogP) is 2.63. The number of amides is 2. The lowest BCUT2D eigenvalue weighted by atomic mass is 10.2. The number of carbonyl (C=O) groups excluding carboxylic acids is 1. The topological polar surface area (TPSA) is 41.6 Å². The van der Waals surface area contributed by atoms with Gasteiger partial charge >= 0.3 is 6.03 Å². The summed E-state index contributed by atoms with van der Waals surface area (Å²) in [6, 6.07) is 5.65. The van der Waals surface area contributed by atoms with Gasteiger partial charge in [0.25, 0.3) is 0 Å². The highest BCUT2D eigenvalue weighted by Crippen LogP contribution is 2.22. The second-order valence-electron chi connectivity index (χ2n) is 4.31. The van der Waals surface area contributed by atoms with Crippen LogP contribution >= 0.6 is 0 Å². The molecule has 0 aromatic heterocycles. The van der Waals surface area contributed by atoms with Gasteiger partial charge < -0.3 is 15.0 Å². The van der Waals surface area contributed by atoms with Crippen LogP contribution in [0.1, 0.15) is 18.4 Å².